The molecule has 0 aromatic carbocycles. The maximum Gasteiger partial charge on any atom is 0.136 e. The summed E-state index contributed by atoms with van der Waals surface area (Å²) < 4.78 is 0. The van der Waals surface area contributed by atoms with Gasteiger partial charge in [-0.1, -0.05) is 38.5 Å². The zero-order chi connectivity index (χ0) is 12.8. The fourth-order valence-electron chi connectivity index (χ4n) is 3.58. The molecule has 2 unspecified atom stereocenters. The molecule has 0 radical (unpaired) electrons. The fourth-order valence-corrected chi connectivity index (χ4v) is 3.58. The van der Waals surface area contributed by atoms with Gasteiger partial charge in [0, 0.05) is 24.7 Å². The van der Waals surface area contributed by atoms with Crippen molar-refractivity contribution in [3.63, 3.8) is 0 Å². The van der Waals surface area contributed by atoms with E-state index in [4.69, 9.17) is 0 Å². The summed E-state index contributed by atoms with van der Waals surface area (Å²) in [5, 5.41) is 0. The van der Waals surface area contributed by atoms with E-state index in [9.17, 15) is 9.59 Å². The van der Waals surface area contributed by atoms with E-state index >= 15 is 0 Å². The Balaban J connectivity index is 2.04. The van der Waals surface area contributed by atoms with E-state index in [1.165, 1.54) is 25.7 Å². The minimum atomic E-state index is 0.0656. The summed E-state index contributed by atoms with van der Waals surface area (Å²) in [6, 6.07) is 0. The first-order valence-electron chi connectivity index (χ1n) is 7.84. The van der Waals surface area contributed by atoms with E-state index in [0.717, 1.165) is 38.5 Å². The van der Waals surface area contributed by atoms with Gasteiger partial charge in [-0.25, -0.2) is 0 Å². The summed E-state index contributed by atoms with van der Waals surface area (Å²) in [4.78, 5) is 24.5. The van der Waals surface area contributed by atoms with E-state index < -0.39 is 0 Å². The van der Waals surface area contributed by atoms with E-state index in [2.05, 4.69) is 0 Å². The van der Waals surface area contributed by atoms with Crippen LogP contribution in [0.5, 0.6) is 0 Å². The average molecular weight is 250 g/mol. The van der Waals surface area contributed by atoms with Gasteiger partial charge in [0.2, 0.25) is 0 Å². The molecule has 0 aromatic heterocycles. The molecule has 18 heavy (non-hydrogen) atoms. The van der Waals surface area contributed by atoms with Crippen LogP contribution in [0.15, 0.2) is 0 Å². The van der Waals surface area contributed by atoms with Crippen molar-refractivity contribution in [2.45, 2.75) is 77.0 Å². The molecule has 0 heterocycles. The highest BCUT2D eigenvalue weighted by Crippen LogP contribution is 2.32. The normalized spacial score (nSPS) is 32.2. The Kier molecular flexibility index (Phi) is 5.40. The molecule has 2 atom stereocenters. The smallest absolute Gasteiger partial charge is 0.136 e. The number of carbonyl (C=O) groups excluding carboxylic acids is 2. The van der Waals surface area contributed by atoms with Crippen LogP contribution < -0.4 is 0 Å². The van der Waals surface area contributed by atoms with Gasteiger partial charge in [0.1, 0.15) is 11.6 Å². The van der Waals surface area contributed by atoms with Gasteiger partial charge >= 0.3 is 0 Å². The van der Waals surface area contributed by atoms with Crippen LogP contribution in [-0.2, 0) is 9.59 Å². The second-order valence-corrected chi connectivity index (χ2v) is 6.05. The maximum atomic E-state index is 12.3. The minimum Gasteiger partial charge on any atom is -0.299 e. The van der Waals surface area contributed by atoms with Gasteiger partial charge in [0.05, 0.1) is 0 Å². The van der Waals surface area contributed by atoms with Crippen LogP contribution >= 0.6 is 0 Å². The predicted molar refractivity (Wildman–Crippen MR) is 72.4 cm³/mol. The largest absolute Gasteiger partial charge is 0.299 e. The molecule has 102 valence electrons. The minimum absolute atomic E-state index is 0.0656. The zero-order valence-corrected chi connectivity index (χ0v) is 11.5. The van der Waals surface area contributed by atoms with Gasteiger partial charge in [-0.3, -0.25) is 9.59 Å². The van der Waals surface area contributed by atoms with Gasteiger partial charge in [-0.2, -0.15) is 0 Å². The molecule has 2 rings (SSSR count). The Hall–Kier alpha value is -0.660. The van der Waals surface area contributed by atoms with Crippen LogP contribution in [0.4, 0.5) is 0 Å². The van der Waals surface area contributed by atoms with Crippen molar-refractivity contribution in [3.05, 3.63) is 0 Å². The van der Waals surface area contributed by atoms with Gasteiger partial charge in [0.15, 0.2) is 0 Å². The Bertz CT molecular complexity index is 265. The second kappa shape index (κ2) is 7.06. The van der Waals surface area contributed by atoms with Crippen molar-refractivity contribution in [1.29, 1.82) is 0 Å². The molecule has 2 saturated carbocycles. The summed E-state index contributed by atoms with van der Waals surface area (Å²) in [5.41, 5.74) is 0. The van der Waals surface area contributed by atoms with Crippen molar-refractivity contribution in [3.8, 4) is 0 Å². The Labute approximate surface area is 111 Å². The summed E-state index contributed by atoms with van der Waals surface area (Å²) in [7, 11) is 0. The number of carbonyl (C=O) groups is 2. The highest BCUT2D eigenvalue weighted by atomic mass is 16.1. The van der Waals surface area contributed by atoms with Crippen LogP contribution in [-0.4, -0.2) is 11.6 Å². The zero-order valence-electron chi connectivity index (χ0n) is 11.5. The van der Waals surface area contributed by atoms with Crippen LogP contribution in [0.25, 0.3) is 0 Å². The Morgan fingerprint density at radius 1 is 0.556 bits per heavy atom. The van der Waals surface area contributed by atoms with Crippen molar-refractivity contribution in [1.82, 2.24) is 0 Å². The van der Waals surface area contributed by atoms with Crippen molar-refractivity contribution in [2.75, 3.05) is 0 Å². The lowest BCUT2D eigenvalue weighted by molar-refractivity contribution is -0.133. The van der Waals surface area contributed by atoms with E-state index in [-0.39, 0.29) is 11.8 Å². The third kappa shape index (κ3) is 3.66. The lowest BCUT2D eigenvalue weighted by atomic mass is 9.75. The maximum absolute atomic E-state index is 12.3. The SMILES string of the molecule is O=C1CCCCCCC1C1CCCCCCC1=O. The highest BCUT2D eigenvalue weighted by Gasteiger charge is 2.32. The molecule has 0 N–H and O–H groups in total. The van der Waals surface area contributed by atoms with E-state index in [1.807, 2.05) is 0 Å². The quantitative estimate of drug-likeness (QED) is 0.703. The molecule has 0 spiro atoms. The monoisotopic (exact) mass is 250 g/mol. The van der Waals surface area contributed by atoms with Crippen molar-refractivity contribution in [2.24, 2.45) is 11.8 Å². The van der Waals surface area contributed by atoms with Crippen LogP contribution in [0, 0.1) is 11.8 Å². The summed E-state index contributed by atoms with van der Waals surface area (Å²) in [5.74, 6) is 0.897. The molecule has 0 aromatic rings. The summed E-state index contributed by atoms with van der Waals surface area (Å²) >= 11 is 0. The van der Waals surface area contributed by atoms with Gasteiger partial charge in [-0.05, 0) is 25.7 Å². The lowest BCUT2D eigenvalue weighted by Crippen LogP contribution is -2.31. The number of Topliss-reactive ketones (excluding diaryl/α,β-unsaturated/α-hetero) is 2. The Morgan fingerprint density at radius 2 is 0.944 bits per heavy atom. The van der Waals surface area contributed by atoms with Gasteiger partial charge in [-0.15, -0.1) is 0 Å². The molecule has 2 aliphatic rings. The standard InChI is InChI=1S/C16H26O2/c17-15-11-7-3-1-5-9-13(15)14-10-6-2-4-8-12-16(14)18/h13-14H,1-12H2. The number of rotatable bonds is 1. The van der Waals surface area contributed by atoms with E-state index in [1.54, 1.807) is 0 Å². The number of ketones is 2. The molecule has 2 aliphatic carbocycles. The molecule has 0 amide bonds. The number of hydrogen-bond donors (Lipinski definition) is 0. The number of hydrogen-bond acceptors (Lipinski definition) is 2. The van der Waals surface area contributed by atoms with Crippen LogP contribution in [0.2, 0.25) is 0 Å². The first-order valence-corrected chi connectivity index (χ1v) is 7.84. The first kappa shape index (κ1) is 13.8. The first-order chi connectivity index (χ1) is 8.79. The molecule has 0 aliphatic heterocycles. The van der Waals surface area contributed by atoms with Crippen LogP contribution in [0.3, 0.4) is 0 Å². The fraction of sp³-hybridized carbons (Fsp3) is 0.875. The van der Waals surface area contributed by atoms with Gasteiger partial charge < -0.3 is 0 Å². The Morgan fingerprint density at radius 3 is 1.39 bits per heavy atom. The molecule has 0 bridgehead atoms. The predicted octanol–water partition coefficient (Wildman–Crippen LogP) is 4.07. The van der Waals surface area contributed by atoms with Gasteiger partial charge in [0.25, 0.3) is 0 Å². The third-order valence-electron chi connectivity index (χ3n) is 4.69. The second-order valence-electron chi connectivity index (χ2n) is 6.05. The highest BCUT2D eigenvalue weighted by molar-refractivity contribution is 5.89. The topological polar surface area (TPSA) is 34.1 Å². The van der Waals surface area contributed by atoms with E-state index in [0.29, 0.717) is 24.4 Å². The van der Waals surface area contributed by atoms with Crippen molar-refractivity contribution < 1.29 is 9.59 Å². The lowest BCUT2D eigenvalue weighted by Gasteiger charge is -2.28. The molecule has 2 nitrogen and oxygen atoms in total. The summed E-state index contributed by atoms with van der Waals surface area (Å²) in [6.45, 7) is 0. The third-order valence-corrected chi connectivity index (χ3v) is 4.69. The molecule has 2 heteroatoms. The van der Waals surface area contributed by atoms with Crippen molar-refractivity contribution >= 4 is 11.6 Å². The molecular formula is C16H26O2. The molecular weight excluding hydrogens is 224 g/mol. The molecule has 0 saturated heterocycles. The molecule has 2 fully saturated rings. The van der Waals surface area contributed by atoms with Crippen LogP contribution in [0.1, 0.15) is 77.0 Å². The average Bonchev–Trinajstić information content (AvgIpc) is 2.32. The summed E-state index contributed by atoms with van der Waals surface area (Å²) in [6.07, 6.45) is 12.6.